The Morgan fingerprint density at radius 3 is 2.33 bits per heavy atom. The van der Waals surface area contributed by atoms with E-state index in [9.17, 15) is 9.90 Å². The van der Waals surface area contributed by atoms with Crippen LogP contribution in [0.5, 0.6) is 0 Å². The smallest absolute Gasteiger partial charge is 0.336 e. The average Bonchev–Trinajstić information content (AvgIpc) is 1.99. The molecule has 0 aliphatic carbocycles. The molecule has 0 aromatic carbocycles. The summed E-state index contributed by atoms with van der Waals surface area (Å²) in [6, 6.07) is 0.664. The van der Waals surface area contributed by atoms with Crippen LogP contribution in [0, 0.1) is 0 Å². The molecule has 5 nitrogen and oxygen atoms in total. The molecule has 88 valence electrons. The summed E-state index contributed by atoms with van der Waals surface area (Å²) in [4.78, 5) is 12.8. The Balaban J connectivity index is 2.54. The molecule has 0 spiro atoms. The first-order valence-electron chi connectivity index (χ1n) is 5.25. The SMILES string of the molecule is CC1CN(CC(C)(O)C(=O)O)CC(C)N1. The van der Waals surface area contributed by atoms with Crippen molar-refractivity contribution in [1.82, 2.24) is 10.2 Å². The number of piperazine rings is 1. The van der Waals surface area contributed by atoms with Gasteiger partial charge >= 0.3 is 5.97 Å². The van der Waals surface area contributed by atoms with Gasteiger partial charge in [0.1, 0.15) is 0 Å². The Hall–Kier alpha value is -0.650. The third-order valence-electron chi connectivity index (χ3n) is 2.63. The summed E-state index contributed by atoms with van der Waals surface area (Å²) in [5.41, 5.74) is -1.66. The van der Waals surface area contributed by atoms with E-state index in [1.165, 1.54) is 6.92 Å². The lowest BCUT2D eigenvalue weighted by Gasteiger charge is -2.38. The molecule has 5 heteroatoms. The fourth-order valence-corrected chi connectivity index (χ4v) is 2.07. The largest absolute Gasteiger partial charge is 0.479 e. The number of rotatable bonds is 3. The molecule has 0 aromatic heterocycles. The number of nitrogens with zero attached hydrogens (tertiary/aromatic N) is 1. The van der Waals surface area contributed by atoms with Gasteiger partial charge in [0.15, 0.2) is 5.60 Å². The first-order chi connectivity index (χ1) is 6.81. The minimum Gasteiger partial charge on any atom is -0.479 e. The van der Waals surface area contributed by atoms with Crippen molar-refractivity contribution in [2.75, 3.05) is 19.6 Å². The maximum atomic E-state index is 10.8. The molecule has 3 unspecified atom stereocenters. The van der Waals surface area contributed by atoms with Gasteiger partial charge in [-0.1, -0.05) is 0 Å². The van der Waals surface area contributed by atoms with Gasteiger partial charge in [0, 0.05) is 31.7 Å². The molecule has 1 heterocycles. The lowest BCUT2D eigenvalue weighted by atomic mass is 10.0. The molecule has 1 fully saturated rings. The molecular weight excluding hydrogens is 196 g/mol. The first-order valence-corrected chi connectivity index (χ1v) is 5.25. The van der Waals surface area contributed by atoms with E-state index in [1.807, 2.05) is 4.90 Å². The van der Waals surface area contributed by atoms with Gasteiger partial charge in [-0.15, -0.1) is 0 Å². The van der Waals surface area contributed by atoms with Gasteiger partial charge in [-0.05, 0) is 20.8 Å². The van der Waals surface area contributed by atoms with Gasteiger partial charge in [0.2, 0.25) is 0 Å². The van der Waals surface area contributed by atoms with E-state index in [0.29, 0.717) is 12.1 Å². The topological polar surface area (TPSA) is 72.8 Å². The van der Waals surface area contributed by atoms with Gasteiger partial charge < -0.3 is 15.5 Å². The highest BCUT2D eigenvalue weighted by Gasteiger charge is 2.34. The Labute approximate surface area is 90.1 Å². The van der Waals surface area contributed by atoms with Crippen molar-refractivity contribution >= 4 is 5.97 Å². The van der Waals surface area contributed by atoms with E-state index in [2.05, 4.69) is 19.2 Å². The van der Waals surface area contributed by atoms with E-state index < -0.39 is 11.6 Å². The second-order valence-electron chi connectivity index (χ2n) is 4.74. The van der Waals surface area contributed by atoms with Gasteiger partial charge in [0.25, 0.3) is 0 Å². The number of nitrogens with one attached hydrogen (secondary N) is 1. The van der Waals surface area contributed by atoms with Gasteiger partial charge in [0.05, 0.1) is 0 Å². The number of hydrogen-bond acceptors (Lipinski definition) is 4. The van der Waals surface area contributed by atoms with Crippen LogP contribution in [0.15, 0.2) is 0 Å². The Kier molecular flexibility index (Phi) is 3.70. The zero-order chi connectivity index (χ0) is 11.6. The molecule has 1 saturated heterocycles. The normalized spacial score (nSPS) is 32.3. The molecule has 0 bridgehead atoms. The highest BCUT2D eigenvalue weighted by molar-refractivity contribution is 5.76. The van der Waals surface area contributed by atoms with Gasteiger partial charge in [-0.25, -0.2) is 4.79 Å². The Morgan fingerprint density at radius 2 is 1.93 bits per heavy atom. The maximum absolute atomic E-state index is 10.8. The van der Waals surface area contributed by atoms with Crippen molar-refractivity contribution in [3.8, 4) is 0 Å². The third-order valence-corrected chi connectivity index (χ3v) is 2.63. The molecule has 1 aliphatic rings. The monoisotopic (exact) mass is 216 g/mol. The summed E-state index contributed by atoms with van der Waals surface area (Å²) < 4.78 is 0. The van der Waals surface area contributed by atoms with Crippen LogP contribution >= 0.6 is 0 Å². The molecule has 0 radical (unpaired) electrons. The van der Waals surface area contributed by atoms with Crippen molar-refractivity contribution in [2.45, 2.75) is 38.5 Å². The molecule has 3 N–H and O–H groups in total. The summed E-state index contributed by atoms with van der Waals surface area (Å²) in [6.45, 7) is 7.17. The Morgan fingerprint density at radius 1 is 1.47 bits per heavy atom. The fourth-order valence-electron chi connectivity index (χ4n) is 2.07. The first kappa shape index (κ1) is 12.4. The van der Waals surface area contributed by atoms with Crippen LogP contribution in [0.2, 0.25) is 0 Å². The van der Waals surface area contributed by atoms with Crippen LogP contribution in [0.25, 0.3) is 0 Å². The molecule has 0 saturated carbocycles. The van der Waals surface area contributed by atoms with E-state index in [4.69, 9.17) is 5.11 Å². The summed E-state index contributed by atoms with van der Waals surface area (Å²) >= 11 is 0. The second kappa shape index (κ2) is 4.47. The van der Waals surface area contributed by atoms with Crippen LogP contribution in [-0.2, 0) is 4.79 Å². The van der Waals surface area contributed by atoms with Crippen LogP contribution in [0.4, 0.5) is 0 Å². The van der Waals surface area contributed by atoms with Crippen LogP contribution in [0.3, 0.4) is 0 Å². The van der Waals surface area contributed by atoms with Crippen molar-refractivity contribution in [3.05, 3.63) is 0 Å². The van der Waals surface area contributed by atoms with Gasteiger partial charge in [-0.2, -0.15) is 0 Å². The number of aliphatic hydroxyl groups is 1. The third kappa shape index (κ3) is 3.44. The van der Waals surface area contributed by atoms with Crippen LogP contribution in [-0.4, -0.2) is 58.4 Å². The number of carboxylic acids is 1. The highest BCUT2D eigenvalue weighted by Crippen LogP contribution is 2.11. The quantitative estimate of drug-likeness (QED) is 0.593. The molecular formula is C10H20N2O3. The molecule has 3 atom stereocenters. The molecule has 0 aromatic rings. The van der Waals surface area contributed by atoms with E-state index in [0.717, 1.165) is 13.1 Å². The van der Waals surface area contributed by atoms with Crippen molar-refractivity contribution < 1.29 is 15.0 Å². The summed E-state index contributed by atoms with van der Waals surface area (Å²) in [7, 11) is 0. The predicted octanol–water partition coefficient (Wildman–Crippen LogP) is -0.496. The van der Waals surface area contributed by atoms with E-state index in [-0.39, 0.29) is 6.54 Å². The zero-order valence-corrected chi connectivity index (χ0v) is 9.53. The van der Waals surface area contributed by atoms with Crippen molar-refractivity contribution in [3.63, 3.8) is 0 Å². The molecule has 1 aliphatic heterocycles. The number of aliphatic carboxylic acids is 1. The number of carbonyl (C=O) groups is 1. The number of β-amino-alcohol motifs (C(OH)–C–C–N with tert-alkyl or cyclic N) is 1. The van der Waals surface area contributed by atoms with Crippen LogP contribution < -0.4 is 5.32 Å². The zero-order valence-electron chi connectivity index (χ0n) is 9.53. The summed E-state index contributed by atoms with van der Waals surface area (Å²) in [5.74, 6) is -1.17. The summed E-state index contributed by atoms with van der Waals surface area (Å²) in [6.07, 6.45) is 0. The maximum Gasteiger partial charge on any atom is 0.336 e. The highest BCUT2D eigenvalue weighted by atomic mass is 16.4. The van der Waals surface area contributed by atoms with Gasteiger partial charge in [-0.3, -0.25) is 4.90 Å². The molecule has 1 rings (SSSR count). The number of carboxylic acid groups (broad SMARTS) is 1. The average molecular weight is 216 g/mol. The Bertz CT molecular complexity index is 233. The minimum atomic E-state index is -1.66. The van der Waals surface area contributed by atoms with E-state index >= 15 is 0 Å². The van der Waals surface area contributed by atoms with Crippen LogP contribution in [0.1, 0.15) is 20.8 Å². The standard InChI is InChI=1S/C10H20N2O3/c1-7-4-12(5-8(2)11-7)6-10(3,15)9(13)14/h7-8,11,15H,4-6H2,1-3H3,(H,13,14). The fraction of sp³-hybridized carbons (Fsp3) is 0.900. The molecule has 15 heavy (non-hydrogen) atoms. The van der Waals surface area contributed by atoms with Crippen molar-refractivity contribution in [2.24, 2.45) is 0 Å². The second-order valence-corrected chi connectivity index (χ2v) is 4.74. The lowest BCUT2D eigenvalue weighted by Crippen LogP contribution is -2.58. The summed E-state index contributed by atoms with van der Waals surface area (Å²) in [5, 5.41) is 21.8. The predicted molar refractivity (Wildman–Crippen MR) is 56.8 cm³/mol. The lowest BCUT2D eigenvalue weighted by molar-refractivity contribution is -0.158. The minimum absolute atomic E-state index is 0.179. The van der Waals surface area contributed by atoms with E-state index in [1.54, 1.807) is 0 Å². The molecule has 0 amide bonds. The number of hydrogen-bond donors (Lipinski definition) is 3. The van der Waals surface area contributed by atoms with Crippen molar-refractivity contribution in [1.29, 1.82) is 0 Å².